The Morgan fingerprint density at radius 2 is 1.74 bits per heavy atom. The highest BCUT2D eigenvalue weighted by Crippen LogP contribution is 2.33. The summed E-state index contributed by atoms with van der Waals surface area (Å²) < 4.78 is 26.8. The second-order valence-electron chi connectivity index (χ2n) is 4.24. The molecule has 19 heavy (non-hydrogen) atoms. The molecule has 0 saturated heterocycles. The van der Waals surface area contributed by atoms with Gasteiger partial charge in [0.15, 0.2) is 0 Å². The molecule has 0 fully saturated rings. The molecule has 0 aliphatic rings. The average Bonchev–Trinajstić information content (AvgIpc) is 2.36. The van der Waals surface area contributed by atoms with Gasteiger partial charge in [0.2, 0.25) is 0 Å². The highest BCUT2D eigenvalue weighted by Gasteiger charge is 2.18. The average molecular weight is 302 g/mol. The molecule has 0 saturated carbocycles. The standard InChI is InChI=1S/C14H11Cl2F2N/c1-7-5-9(10(15)6-12(7)18)14(19)8-3-2-4-11(17)13(8)16/h2-6,14H,19H2,1H3. The second-order valence-corrected chi connectivity index (χ2v) is 5.03. The van der Waals surface area contributed by atoms with Crippen LogP contribution in [0.1, 0.15) is 22.7 Å². The van der Waals surface area contributed by atoms with Crippen molar-refractivity contribution >= 4 is 23.2 Å². The summed E-state index contributed by atoms with van der Waals surface area (Å²) in [5.74, 6) is -0.962. The quantitative estimate of drug-likeness (QED) is 0.860. The van der Waals surface area contributed by atoms with E-state index in [0.717, 1.165) is 0 Å². The van der Waals surface area contributed by atoms with E-state index < -0.39 is 17.7 Å². The van der Waals surface area contributed by atoms with Crippen molar-refractivity contribution < 1.29 is 8.78 Å². The molecule has 0 bridgehead atoms. The van der Waals surface area contributed by atoms with E-state index in [4.69, 9.17) is 28.9 Å². The van der Waals surface area contributed by atoms with Crippen molar-refractivity contribution in [3.63, 3.8) is 0 Å². The van der Waals surface area contributed by atoms with Crippen molar-refractivity contribution in [2.45, 2.75) is 13.0 Å². The molecular weight excluding hydrogens is 291 g/mol. The van der Waals surface area contributed by atoms with Crippen LogP contribution in [0.3, 0.4) is 0 Å². The van der Waals surface area contributed by atoms with Crippen LogP contribution < -0.4 is 5.73 Å². The third-order valence-electron chi connectivity index (χ3n) is 2.93. The Kier molecular flexibility index (Phi) is 4.09. The third-order valence-corrected chi connectivity index (χ3v) is 3.66. The summed E-state index contributed by atoms with van der Waals surface area (Å²) in [4.78, 5) is 0. The molecule has 2 rings (SSSR count). The molecule has 1 nitrogen and oxygen atoms in total. The van der Waals surface area contributed by atoms with Crippen LogP contribution in [-0.4, -0.2) is 0 Å². The largest absolute Gasteiger partial charge is 0.320 e. The van der Waals surface area contributed by atoms with E-state index in [2.05, 4.69) is 0 Å². The highest BCUT2D eigenvalue weighted by molar-refractivity contribution is 6.32. The number of hydrogen-bond donors (Lipinski definition) is 1. The first-order chi connectivity index (χ1) is 8.91. The summed E-state index contributed by atoms with van der Waals surface area (Å²) in [5, 5.41) is 0.143. The monoisotopic (exact) mass is 301 g/mol. The molecule has 2 N–H and O–H groups in total. The second kappa shape index (κ2) is 5.45. The van der Waals surface area contributed by atoms with E-state index in [9.17, 15) is 8.78 Å². The maximum atomic E-state index is 13.4. The van der Waals surface area contributed by atoms with Crippen LogP contribution in [0.5, 0.6) is 0 Å². The molecule has 1 atom stereocenters. The van der Waals surface area contributed by atoms with E-state index >= 15 is 0 Å². The summed E-state index contributed by atoms with van der Waals surface area (Å²) in [6.07, 6.45) is 0. The van der Waals surface area contributed by atoms with Crippen molar-refractivity contribution in [2.24, 2.45) is 5.73 Å². The van der Waals surface area contributed by atoms with Gasteiger partial charge >= 0.3 is 0 Å². The van der Waals surface area contributed by atoms with Crippen molar-refractivity contribution in [3.8, 4) is 0 Å². The maximum Gasteiger partial charge on any atom is 0.142 e. The lowest BCUT2D eigenvalue weighted by atomic mass is 9.97. The van der Waals surface area contributed by atoms with Crippen molar-refractivity contribution in [2.75, 3.05) is 0 Å². The Morgan fingerprint density at radius 1 is 1.05 bits per heavy atom. The van der Waals surface area contributed by atoms with Crippen LogP contribution >= 0.6 is 23.2 Å². The van der Waals surface area contributed by atoms with E-state index in [1.165, 1.54) is 18.2 Å². The molecular formula is C14H11Cl2F2N. The van der Waals surface area contributed by atoms with Gasteiger partial charge in [-0.2, -0.15) is 0 Å². The Morgan fingerprint density at radius 3 is 2.42 bits per heavy atom. The smallest absolute Gasteiger partial charge is 0.142 e. The van der Waals surface area contributed by atoms with Crippen molar-refractivity contribution in [1.82, 2.24) is 0 Å². The zero-order chi connectivity index (χ0) is 14.2. The fourth-order valence-corrected chi connectivity index (χ4v) is 2.36. The van der Waals surface area contributed by atoms with E-state index in [0.29, 0.717) is 16.7 Å². The topological polar surface area (TPSA) is 26.0 Å². The first-order valence-electron chi connectivity index (χ1n) is 5.57. The van der Waals surface area contributed by atoms with Gasteiger partial charge in [-0.25, -0.2) is 8.78 Å². The normalized spacial score (nSPS) is 12.5. The fourth-order valence-electron chi connectivity index (χ4n) is 1.85. The Balaban J connectivity index is 2.53. The van der Waals surface area contributed by atoms with Gasteiger partial charge in [0.05, 0.1) is 11.1 Å². The Labute approximate surface area is 119 Å². The van der Waals surface area contributed by atoms with Gasteiger partial charge in [-0.3, -0.25) is 0 Å². The first-order valence-corrected chi connectivity index (χ1v) is 6.32. The van der Waals surface area contributed by atoms with Gasteiger partial charge in [-0.05, 0) is 41.8 Å². The van der Waals surface area contributed by atoms with Crippen molar-refractivity contribution in [3.05, 3.63) is 68.7 Å². The maximum absolute atomic E-state index is 13.4. The van der Waals surface area contributed by atoms with Crippen LogP contribution in [0.15, 0.2) is 30.3 Å². The molecule has 0 aliphatic carbocycles. The summed E-state index contributed by atoms with van der Waals surface area (Å²) >= 11 is 11.9. The molecule has 1 unspecified atom stereocenters. The van der Waals surface area contributed by atoms with Gasteiger partial charge in [-0.1, -0.05) is 35.3 Å². The molecule has 0 heterocycles. The highest BCUT2D eigenvalue weighted by atomic mass is 35.5. The van der Waals surface area contributed by atoms with Crippen LogP contribution in [0.4, 0.5) is 8.78 Å². The summed E-state index contributed by atoms with van der Waals surface area (Å²) in [6.45, 7) is 1.61. The number of aryl methyl sites for hydroxylation is 1. The number of benzene rings is 2. The van der Waals surface area contributed by atoms with Crippen LogP contribution in [0.25, 0.3) is 0 Å². The van der Waals surface area contributed by atoms with Gasteiger partial charge < -0.3 is 5.73 Å². The number of halogens is 4. The zero-order valence-corrected chi connectivity index (χ0v) is 11.6. The lowest BCUT2D eigenvalue weighted by Crippen LogP contribution is -2.14. The lowest BCUT2D eigenvalue weighted by molar-refractivity contribution is 0.615. The zero-order valence-electron chi connectivity index (χ0n) is 10.1. The molecule has 0 radical (unpaired) electrons. The van der Waals surface area contributed by atoms with Crippen LogP contribution in [-0.2, 0) is 0 Å². The molecule has 0 aliphatic heterocycles. The Bertz CT molecular complexity index is 629. The van der Waals surface area contributed by atoms with E-state index in [-0.39, 0.29) is 10.0 Å². The Hall–Kier alpha value is -1.16. The minimum atomic E-state index is -0.713. The fraction of sp³-hybridized carbons (Fsp3) is 0.143. The molecule has 2 aromatic rings. The SMILES string of the molecule is Cc1cc(C(N)c2cccc(F)c2Cl)c(Cl)cc1F. The molecule has 100 valence electrons. The summed E-state index contributed by atoms with van der Waals surface area (Å²) in [7, 11) is 0. The van der Waals surface area contributed by atoms with Gasteiger partial charge in [0.1, 0.15) is 11.6 Å². The number of nitrogens with two attached hydrogens (primary N) is 1. The summed E-state index contributed by atoms with van der Waals surface area (Å²) in [5.41, 5.74) is 7.39. The van der Waals surface area contributed by atoms with E-state index in [1.54, 1.807) is 19.1 Å². The number of hydrogen-bond acceptors (Lipinski definition) is 1. The van der Waals surface area contributed by atoms with Gasteiger partial charge in [0, 0.05) is 5.02 Å². The number of rotatable bonds is 2. The van der Waals surface area contributed by atoms with E-state index in [1.807, 2.05) is 0 Å². The minimum absolute atomic E-state index is 0.0481. The third kappa shape index (κ3) is 2.73. The van der Waals surface area contributed by atoms with Gasteiger partial charge in [-0.15, -0.1) is 0 Å². The van der Waals surface area contributed by atoms with Crippen LogP contribution in [0, 0.1) is 18.6 Å². The molecule has 0 aromatic heterocycles. The predicted molar refractivity (Wildman–Crippen MR) is 73.6 cm³/mol. The van der Waals surface area contributed by atoms with Crippen LogP contribution in [0.2, 0.25) is 10.0 Å². The molecule has 2 aromatic carbocycles. The predicted octanol–water partition coefficient (Wildman–Crippen LogP) is 4.63. The lowest BCUT2D eigenvalue weighted by Gasteiger charge is -2.17. The minimum Gasteiger partial charge on any atom is -0.320 e. The van der Waals surface area contributed by atoms with Gasteiger partial charge in [0.25, 0.3) is 0 Å². The molecule has 0 amide bonds. The first kappa shape index (κ1) is 14.3. The van der Waals surface area contributed by atoms with Crippen molar-refractivity contribution in [1.29, 1.82) is 0 Å². The molecule has 5 heteroatoms. The summed E-state index contributed by atoms with van der Waals surface area (Å²) in [6, 6.07) is 6.40. The molecule has 0 spiro atoms.